The van der Waals surface area contributed by atoms with Crippen LogP contribution < -0.4 is 15.8 Å². The van der Waals surface area contributed by atoms with Crippen LogP contribution in [-0.4, -0.2) is 62.9 Å². The van der Waals surface area contributed by atoms with Gasteiger partial charge in [-0.3, -0.25) is 4.79 Å². The van der Waals surface area contributed by atoms with E-state index >= 15 is 0 Å². The summed E-state index contributed by atoms with van der Waals surface area (Å²) in [7, 11) is -3.97. The van der Waals surface area contributed by atoms with E-state index < -0.39 is 20.5 Å². The van der Waals surface area contributed by atoms with Gasteiger partial charge in [0.2, 0.25) is 5.91 Å². The van der Waals surface area contributed by atoms with Gasteiger partial charge in [-0.15, -0.1) is 0 Å². The fraction of sp³-hybridized carbons (Fsp3) is 0.440. The van der Waals surface area contributed by atoms with Crippen LogP contribution >= 0.6 is 0 Å². The van der Waals surface area contributed by atoms with Gasteiger partial charge in [0.1, 0.15) is 5.75 Å². The molecule has 0 atom stereocenters. The Labute approximate surface area is 205 Å². The molecule has 35 heavy (non-hydrogen) atoms. The normalized spacial score (nSPS) is 17.3. The second kappa shape index (κ2) is 10.7. The van der Waals surface area contributed by atoms with Crippen LogP contribution in [0.25, 0.3) is 0 Å². The molecule has 0 unspecified atom stereocenters. The average molecular weight is 502 g/mol. The Kier molecular flexibility index (Phi) is 7.61. The van der Waals surface area contributed by atoms with Crippen molar-refractivity contribution in [2.75, 3.05) is 32.9 Å². The van der Waals surface area contributed by atoms with E-state index in [2.05, 4.69) is 17.4 Å². The third-order valence-electron chi connectivity index (χ3n) is 6.68. The summed E-state index contributed by atoms with van der Waals surface area (Å²) in [5.41, 5.74) is 7.98. The third kappa shape index (κ3) is 5.28. The van der Waals surface area contributed by atoms with Gasteiger partial charge >= 0.3 is 6.03 Å². The number of hydrogen-bond donors (Lipinski definition) is 2. The molecule has 10 heteroatoms. The van der Waals surface area contributed by atoms with Gasteiger partial charge in [-0.25, -0.2) is 13.2 Å². The highest BCUT2D eigenvalue weighted by atomic mass is 32.2. The Bertz CT molecular complexity index is 1160. The lowest BCUT2D eigenvalue weighted by atomic mass is 9.98. The molecule has 0 bridgehead atoms. The SMILES string of the molecule is NC(=O)C1(S(=O)(=O)c2ccc(OCCCNC(=O)N3CCc4ccccc4C3)cc2)CCOCC1. The van der Waals surface area contributed by atoms with Crippen molar-refractivity contribution in [1.29, 1.82) is 0 Å². The summed E-state index contributed by atoms with van der Waals surface area (Å²) in [6.45, 7) is 2.47. The van der Waals surface area contributed by atoms with Crippen molar-refractivity contribution in [3.05, 3.63) is 59.7 Å². The van der Waals surface area contributed by atoms with E-state index in [1.54, 1.807) is 17.0 Å². The van der Waals surface area contributed by atoms with Crippen molar-refractivity contribution in [1.82, 2.24) is 10.2 Å². The molecule has 0 radical (unpaired) electrons. The first-order valence-electron chi connectivity index (χ1n) is 11.8. The Hall–Kier alpha value is -3.11. The van der Waals surface area contributed by atoms with Gasteiger partial charge in [0.25, 0.3) is 0 Å². The van der Waals surface area contributed by atoms with Gasteiger partial charge in [-0.05, 0) is 61.1 Å². The molecular formula is C25H31N3O6S. The fourth-order valence-electron chi connectivity index (χ4n) is 4.53. The van der Waals surface area contributed by atoms with Crippen LogP contribution in [0.3, 0.4) is 0 Å². The number of nitrogens with two attached hydrogens (primary N) is 1. The summed E-state index contributed by atoms with van der Waals surface area (Å²) >= 11 is 0. The van der Waals surface area contributed by atoms with Crippen LogP contribution in [0, 0.1) is 0 Å². The molecule has 3 amide bonds. The predicted octanol–water partition coefficient (Wildman–Crippen LogP) is 2.03. The fourth-order valence-corrected chi connectivity index (χ4v) is 6.44. The van der Waals surface area contributed by atoms with Gasteiger partial charge in [-0.2, -0.15) is 0 Å². The minimum atomic E-state index is -3.97. The zero-order valence-electron chi connectivity index (χ0n) is 19.6. The van der Waals surface area contributed by atoms with Gasteiger partial charge < -0.3 is 25.4 Å². The van der Waals surface area contributed by atoms with Crippen molar-refractivity contribution in [3.8, 4) is 5.75 Å². The molecule has 3 N–H and O–H groups in total. The number of carbonyl (C=O) groups excluding carboxylic acids is 2. The minimum Gasteiger partial charge on any atom is -0.494 e. The first-order chi connectivity index (χ1) is 16.8. The lowest BCUT2D eigenvalue weighted by molar-refractivity contribution is -0.122. The Balaban J connectivity index is 1.24. The molecule has 0 spiro atoms. The number of carbonyl (C=O) groups is 2. The molecule has 188 valence electrons. The summed E-state index contributed by atoms with van der Waals surface area (Å²) in [6.07, 6.45) is 1.53. The average Bonchev–Trinajstić information content (AvgIpc) is 2.88. The van der Waals surface area contributed by atoms with E-state index in [1.165, 1.54) is 23.3 Å². The number of benzene rings is 2. The highest BCUT2D eigenvalue weighted by molar-refractivity contribution is 7.93. The maximum Gasteiger partial charge on any atom is 0.317 e. The molecule has 2 aromatic rings. The second-order valence-corrected chi connectivity index (χ2v) is 11.1. The zero-order chi connectivity index (χ0) is 24.9. The molecule has 1 saturated heterocycles. The highest BCUT2D eigenvalue weighted by Crippen LogP contribution is 2.35. The van der Waals surface area contributed by atoms with Crippen molar-refractivity contribution in [3.63, 3.8) is 0 Å². The predicted molar refractivity (Wildman–Crippen MR) is 130 cm³/mol. The Morgan fingerprint density at radius 2 is 1.74 bits per heavy atom. The largest absolute Gasteiger partial charge is 0.494 e. The van der Waals surface area contributed by atoms with Crippen LogP contribution in [0.4, 0.5) is 4.79 Å². The van der Waals surface area contributed by atoms with Crippen molar-refractivity contribution >= 4 is 21.8 Å². The number of urea groups is 1. The molecule has 2 aromatic carbocycles. The zero-order valence-corrected chi connectivity index (χ0v) is 20.4. The molecule has 0 aromatic heterocycles. The number of nitrogens with one attached hydrogen (secondary N) is 1. The first kappa shape index (κ1) is 25.0. The highest BCUT2D eigenvalue weighted by Gasteiger charge is 2.51. The molecule has 0 aliphatic carbocycles. The van der Waals surface area contributed by atoms with Gasteiger partial charge in [0, 0.05) is 32.8 Å². The Morgan fingerprint density at radius 3 is 2.43 bits per heavy atom. The van der Waals surface area contributed by atoms with Crippen molar-refractivity contribution in [2.24, 2.45) is 5.73 Å². The standard InChI is InChI=1S/C25H31N3O6S/c26-23(29)25(11-16-33-17-12-25)35(31,32)22-8-6-21(7-9-22)34-15-3-13-27-24(30)28-14-10-19-4-1-2-5-20(19)18-28/h1-2,4-9H,3,10-18H2,(H2,26,29)(H,27,30). The number of ether oxygens (including phenoxy) is 2. The number of primary amides is 1. The van der Waals surface area contributed by atoms with E-state index in [0.29, 0.717) is 38.4 Å². The summed E-state index contributed by atoms with van der Waals surface area (Å²) in [6, 6.07) is 14.0. The summed E-state index contributed by atoms with van der Waals surface area (Å²) in [4.78, 5) is 26.4. The third-order valence-corrected chi connectivity index (χ3v) is 9.21. The topological polar surface area (TPSA) is 128 Å². The lowest BCUT2D eigenvalue weighted by Crippen LogP contribution is -2.53. The summed E-state index contributed by atoms with van der Waals surface area (Å²) in [5, 5.41) is 2.92. The number of sulfone groups is 1. The number of nitrogens with zero attached hydrogens (tertiary/aromatic N) is 1. The molecule has 2 aliphatic heterocycles. The lowest BCUT2D eigenvalue weighted by Gasteiger charge is -2.33. The van der Waals surface area contributed by atoms with Crippen LogP contribution in [0.15, 0.2) is 53.4 Å². The maximum atomic E-state index is 13.2. The summed E-state index contributed by atoms with van der Waals surface area (Å²) in [5.74, 6) is -0.347. The Morgan fingerprint density at radius 1 is 1.06 bits per heavy atom. The molecule has 2 aliphatic rings. The van der Waals surface area contributed by atoms with E-state index in [9.17, 15) is 18.0 Å². The minimum absolute atomic E-state index is 0.0286. The van der Waals surface area contributed by atoms with Crippen LogP contribution in [-0.2, 0) is 32.3 Å². The van der Waals surface area contributed by atoms with E-state index in [0.717, 1.165) is 6.42 Å². The molecule has 9 nitrogen and oxygen atoms in total. The van der Waals surface area contributed by atoms with Crippen molar-refractivity contribution < 1.29 is 27.5 Å². The smallest absolute Gasteiger partial charge is 0.317 e. The molecule has 4 rings (SSSR count). The van der Waals surface area contributed by atoms with E-state index in [1.807, 2.05) is 12.1 Å². The number of fused-ring (bicyclic) bond motifs is 1. The number of hydrogen-bond acceptors (Lipinski definition) is 6. The molecule has 2 heterocycles. The molecule has 0 saturated carbocycles. The van der Waals surface area contributed by atoms with E-state index in [-0.39, 0.29) is 37.0 Å². The van der Waals surface area contributed by atoms with Crippen molar-refractivity contribution in [2.45, 2.75) is 41.9 Å². The quantitative estimate of drug-likeness (QED) is 0.533. The maximum absolute atomic E-state index is 13.2. The summed E-state index contributed by atoms with van der Waals surface area (Å²) < 4.78 is 35.6. The van der Waals surface area contributed by atoms with Gasteiger partial charge in [0.05, 0.1) is 11.5 Å². The number of amides is 3. The molecular weight excluding hydrogens is 470 g/mol. The van der Waals surface area contributed by atoms with Crippen LogP contribution in [0.2, 0.25) is 0 Å². The second-order valence-electron chi connectivity index (χ2n) is 8.82. The number of rotatable bonds is 8. The van der Waals surface area contributed by atoms with Crippen LogP contribution in [0.1, 0.15) is 30.4 Å². The monoisotopic (exact) mass is 501 g/mol. The van der Waals surface area contributed by atoms with E-state index in [4.69, 9.17) is 15.2 Å². The van der Waals surface area contributed by atoms with Gasteiger partial charge in [0.15, 0.2) is 14.6 Å². The van der Waals surface area contributed by atoms with Gasteiger partial charge in [-0.1, -0.05) is 24.3 Å². The molecule has 1 fully saturated rings. The first-order valence-corrected chi connectivity index (χ1v) is 13.3. The van der Waals surface area contributed by atoms with Crippen LogP contribution in [0.5, 0.6) is 5.75 Å².